The van der Waals surface area contributed by atoms with Gasteiger partial charge in [0.2, 0.25) is 11.9 Å². The number of nitrogens with one attached hydrogen (secondary N) is 2. The number of H-pyrrole nitrogens is 1. The Morgan fingerprint density at radius 3 is 2.76 bits per heavy atom. The van der Waals surface area contributed by atoms with Gasteiger partial charge >= 0.3 is 6.03 Å². The van der Waals surface area contributed by atoms with Crippen LogP contribution in [0.4, 0.5) is 21.1 Å². The van der Waals surface area contributed by atoms with Crippen molar-refractivity contribution in [1.82, 2.24) is 24.8 Å². The number of carbonyl (C=O) groups is 1. The standard InChI is InChI=1S/C22H26FN7O3/c1-6-14-10-29(4)22(32)30(14)21-26-12(3)25-20(28-21)24-11(2)15-9-13-7-8-16(33-5)17(23)18(13)27-19(15)31/h7-9,11,14H,6,10H2,1-5H3,(H,27,31)(H,24,25,26,28)/t11-,14-/m0/s1. The lowest BCUT2D eigenvalue weighted by molar-refractivity contribution is 0.229. The highest BCUT2D eigenvalue weighted by atomic mass is 19.1. The van der Waals surface area contributed by atoms with Crippen molar-refractivity contribution in [3.8, 4) is 5.75 Å². The number of aromatic nitrogens is 4. The highest BCUT2D eigenvalue weighted by Gasteiger charge is 2.37. The van der Waals surface area contributed by atoms with E-state index < -0.39 is 17.4 Å². The lowest BCUT2D eigenvalue weighted by Crippen LogP contribution is -2.36. The minimum absolute atomic E-state index is 0.0372. The average Bonchev–Trinajstić information content (AvgIpc) is 3.07. The zero-order chi connectivity index (χ0) is 23.9. The van der Waals surface area contributed by atoms with E-state index in [-0.39, 0.29) is 35.2 Å². The molecule has 1 aliphatic rings. The van der Waals surface area contributed by atoms with Gasteiger partial charge in [-0.25, -0.2) is 9.18 Å². The Labute approximate surface area is 189 Å². The van der Waals surface area contributed by atoms with Gasteiger partial charge in [0.25, 0.3) is 5.56 Å². The van der Waals surface area contributed by atoms with Crippen molar-refractivity contribution < 1.29 is 13.9 Å². The monoisotopic (exact) mass is 455 g/mol. The van der Waals surface area contributed by atoms with Crippen molar-refractivity contribution in [2.45, 2.75) is 39.3 Å². The number of amides is 2. The molecule has 3 heterocycles. The summed E-state index contributed by atoms with van der Waals surface area (Å²) in [4.78, 5) is 44.3. The maximum atomic E-state index is 14.5. The molecule has 0 aliphatic carbocycles. The molecule has 1 aliphatic heterocycles. The van der Waals surface area contributed by atoms with Gasteiger partial charge in [-0.3, -0.25) is 9.69 Å². The van der Waals surface area contributed by atoms with Crippen LogP contribution in [0.2, 0.25) is 0 Å². The van der Waals surface area contributed by atoms with E-state index in [1.165, 1.54) is 13.2 Å². The summed E-state index contributed by atoms with van der Waals surface area (Å²) in [5.41, 5.74) is 0.0222. The number of aromatic amines is 1. The summed E-state index contributed by atoms with van der Waals surface area (Å²) >= 11 is 0. The molecule has 0 spiro atoms. The third-order valence-electron chi connectivity index (χ3n) is 5.79. The first-order chi connectivity index (χ1) is 15.7. The molecule has 33 heavy (non-hydrogen) atoms. The highest BCUT2D eigenvalue weighted by Crippen LogP contribution is 2.27. The van der Waals surface area contributed by atoms with E-state index in [1.54, 1.807) is 42.8 Å². The lowest BCUT2D eigenvalue weighted by atomic mass is 10.1. The van der Waals surface area contributed by atoms with E-state index in [1.807, 2.05) is 6.92 Å². The number of fused-ring (bicyclic) bond motifs is 1. The minimum atomic E-state index is -0.622. The third kappa shape index (κ3) is 4.06. The van der Waals surface area contributed by atoms with Crippen LogP contribution in [0.15, 0.2) is 23.0 Å². The topological polar surface area (TPSA) is 116 Å². The van der Waals surface area contributed by atoms with Gasteiger partial charge in [0.1, 0.15) is 5.82 Å². The van der Waals surface area contributed by atoms with E-state index in [0.29, 0.717) is 23.3 Å². The molecule has 2 N–H and O–H groups in total. The van der Waals surface area contributed by atoms with Crippen molar-refractivity contribution >= 4 is 28.8 Å². The molecule has 4 rings (SSSR count). The summed E-state index contributed by atoms with van der Waals surface area (Å²) in [6.07, 6.45) is 0.758. The molecule has 0 radical (unpaired) electrons. The summed E-state index contributed by atoms with van der Waals surface area (Å²) in [5, 5.41) is 3.64. The zero-order valence-corrected chi connectivity index (χ0v) is 19.1. The number of aryl methyl sites for hydroxylation is 1. The first kappa shape index (κ1) is 22.4. The predicted octanol–water partition coefficient (Wildman–Crippen LogP) is 2.99. The van der Waals surface area contributed by atoms with Crippen molar-refractivity contribution in [3.63, 3.8) is 0 Å². The number of methoxy groups -OCH3 is 1. The lowest BCUT2D eigenvalue weighted by Gasteiger charge is -2.21. The number of urea groups is 1. The SMILES string of the molecule is CC[C@H]1CN(C)C(=O)N1c1nc(C)nc(N[C@@H](C)c2cc3ccc(OC)c(F)c3[nH]c2=O)n1. The smallest absolute Gasteiger partial charge is 0.327 e. The van der Waals surface area contributed by atoms with Crippen molar-refractivity contribution in [2.24, 2.45) is 0 Å². The molecule has 1 aromatic carbocycles. The van der Waals surface area contributed by atoms with Gasteiger partial charge in [0.15, 0.2) is 11.6 Å². The van der Waals surface area contributed by atoms with Gasteiger partial charge in [-0.1, -0.05) is 6.92 Å². The van der Waals surface area contributed by atoms with Crippen molar-refractivity contribution in [2.75, 3.05) is 30.9 Å². The maximum absolute atomic E-state index is 14.5. The van der Waals surface area contributed by atoms with Gasteiger partial charge in [0.05, 0.1) is 24.7 Å². The molecule has 1 fully saturated rings. The average molecular weight is 455 g/mol. The summed E-state index contributed by atoms with van der Waals surface area (Å²) < 4.78 is 19.5. The van der Waals surface area contributed by atoms with E-state index in [0.717, 1.165) is 6.42 Å². The van der Waals surface area contributed by atoms with E-state index in [9.17, 15) is 14.0 Å². The van der Waals surface area contributed by atoms with Crippen LogP contribution in [0.3, 0.4) is 0 Å². The fraction of sp³-hybridized carbons (Fsp3) is 0.409. The fourth-order valence-electron chi connectivity index (χ4n) is 4.01. The number of ether oxygens (including phenoxy) is 1. The number of benzene rings is 1. The second kappa shape index (κ2) is 8.64. The normalized spacial score (nSPS) is 17.0. The van der Waals surface area contributed by atoms with Crippen LogP contribution in [-0.4, -0.2) is 57.6 Å². The second-order valence-electron chi connectivity index (χ2n) is 8.07. The van der Waals surface area contributed by atoms with E-state index >= 15 is 0 Å². The van der Waals surface area contributed by atoms with Gasteiger partial charge in [-0.2, -0.15) is 15.0 Å². The summed E-state index contributed by atoms with van der Waals surface area (Å²) in [6.45, 7) is 6.08. The summed E-state index contributed by atoms with van der Waals surface area (Å²) in [5.74, 6) is 0.372. The van der Waals surface area contributed by atoms with Crippen LogP contribution in [0.1, 0.15) is 37.7 Å². The van der Waals surface area contributed by atoms with Gasteiger partial charge < -0.3 is 19.9 Å². The molecule has 174 valence electrons. The molecule has 11 heteroatoms. The van der Waals surface area contributed by atoms with Crippen molar-refractivity contribution in [3.05, 3.63) is 45.8 Å². The summed E-state index contributed by atoms with van der Waals surface area (Å²) in [6, 6.07) is 4.09. The third-order valence-corrected chi connectivity index (χ3v) is 5.79. The fourth-order valence-corrected chi connectivity index (χ4v) is 4.01. The number of hydrogen-bond donors (Lipinski definition) is 2. The number of rotatable bonds is 6. The van der Waals surface area contributed by atoms with Crippen molar-refractivity contribution in [1.29, 1.82) is 0 Å². The number of likely N-dealkylation sites (N-methyl/N-ethyl adjacent to an activating group) is 1. The highest BCUT2D eigenvalue weighted by molar-refractivity contribution is 5.93. The number of carbonyl (C=O) groups excluding carboxylic acids is 1. The Hall–Kier alpha value is -3.76. The molecule has 0 saturated carbocycles. The molecule has 0 bridgehead atoms. The zero-order valence-electron chi connectivity index (χ0n) is 19.1. The van der Waals surface area contributed by atoms with E-state index in [2.05, 4.69) is 25.3 Å². The molecule has 2 amide bonds. The first-order valence-corrected chi connectivity index (χ1v) is 10.7. The Bertz CT molecular complexity index is 1280. The number of halogens is 1. The number of pyridine rings is 1. The molecule has 0 unspecified atom stereocenters. The minimum Gasteiger partial charge on any atom is -0.494 e. The molecule has 2 aromatic heterocycles. The molecular formula is C22H26FN7O3. The Morgan fingerprint density at radius 1 is 1.30 bits per heavy atom. The summed E-state index contributed by atoms with van der Waals surface area (Å²) in [7, 11) is 3.11. The van der Waals surface area contributed by atoms with Gasteiger partial charge in [-0.15, -0.1) is 0 Å². The van der Waals surface area contributed by atoms with Crippen LogP contribution in [0.25, 0.3) is 10.9 Å². The second-order valence-corrected chi connectivity index (χ2v) is 8.07. The quantitative estimate of drug-likeness (QED) is 0.587. The van der Waals surface area contributed by atoms with Crippen LogP contribution < -0.4 is 20.5 Å². The molecule has 1 saturated heterocycles. The van der Waals surface area contributed by atoms with Gasteiger partial charge in [0, 0.05) is 24.5 Å². The Morgan fingerprint density at radius 2 is 2.06 bits per heavy atom. The van der Waals surface area contributed by atoms with E-state index in [4.69, 9.17) is 4.74 Å². The molecule has 2 atom stereocenters. The first-order valence-electron chi connectivity index (χ1n) is 10.7. The maximum Gasteiger partial charge on any atom is 0.327 e. The largest absolute Gasteiger partial charge is 0.494 e. The Balaban J connectivity index is 1.66. The van der Waals surface area contributed by atoms with Crippen LogP contribution >= 0.6 is 0 Å². The molecule has 3 aromatic rings. The van der Waals surface area contributed by atoms with Crippen LogP contribution in [0, 0.1) is 12.7 Å². The Kier molecular flexibility index (Phi) is 5.88. The number of anilines is 2. The number of nitrogens with zero attached hydrogens (tertiary/aromatic N) is 5. The van der Waals surface area contributed by atoms with Gasteiger partial charge in [-0.05, 0) is 38.5 Å². The van der Waals surface area contributed by atoms with Crippen LogP contribution in [0.5, 0.6) is 5.75 Å². The number of hydrogen-bond acceptors (Lipinski definition) is 7. The predicted molar refractivity (Wildman–Crippen MR) is 122 cm³/mol. The molecule has 10 nitrogen and oxygen atoms in total. The molecular weight excluding hydrogens is 429 g/mol. The van der Waals surface area contributed by atoms with Crippen LogP contribution in [-0.2, 0) is 0 Å².